The van der Waals surface area contributed by atoms with E-state index in [1.807, 2.05) is 13.0 Å². The molecule has 1 saturated heterocycles. The second-order valence-corrected chi connectivity index (χ2v) is 7.82. The lowest BCUT2D eigenvalue weighted by atomic mass is 9.95. The molecule has 3 aromatic rings. The van der Waals surface area contributed by atoms with E-state index >= 15 is 0 Å². The van der Waals surface area contributed by atoms with Gasteiger partial charge in [0.05, 0.1) is 23.7 Å². The fourth-order valence-electron chi connectivity index (χ4n) is 3.80. The highest BCUT2D eigenvalue weighted by Gasteiger charge is 2.47. The number of benzene rings is 3. The number of halogens is 2. The van der Waals surface area contributed by atoms with Gasteiger partial charge in [-0.3, -0.25) is 14.5 Å². The Kier molecular flexibility index (Phi) is 5.72. The van der Waals surface area contributed by atoms with Gasteiger partial charge in [0, 0.05) is 11.3 Å². The Morgan fingerprint density at radius 3 is 2.44 bits per heavy atom. The molecule has 1 N–H and O–H groups in total. The van der Waals surface area contributed by atoms with Gasteiger partial charge < -0.3 is 9.84 Å². The molecule has 1 heterocycles. The van der Waals surface area contributed by atoms with Gasteiger partial charge in [-0.25, -0.2) is 4.39 Å². The molecule has 0 saturated carbocycles. The van der Waals surface area contributed by atoms with Crippen molar-refractivity contribution < 1.29 is 23.8 Å². The monoisotopic (exact) mass is 451 g/mol. The van der Waals surface area contributed by atoms with Gasteiger partial charge in [-0.05, 0) is 60.5 Å². The molecule has 0 aliphatic carbocycles. The molecular formula is C25H19ClFNO4. The molecular weight excluding hydrogens is 433 g/mol. The molecule has 1 aliphatic heterocycles. The zero-order valence-electron chi connectivity index (χ0n) is 17.3. The van der Waals surface area contributed by atoms with Crippen molar-refractivity contribution in [1.29, 1.82) is 0 Å². The number of carbonyl (C=O) groups excluding carboxylic acids is 2. The van der Waals surface area contributed by atoms with Crippen LogP contribution < -0.4 is 9.64 Å². The number of ketones is 1. The zero-order valence-corrected chi connectivity index (χ0v) is 18.1. The molecule has 1 unspecified atom stereocenters. The molecule has 1 amide bonds. The summed E-state index contributed by atoms with van der Waals surface area (Å²) in [6.45, 7) is 1.87. The summed E-state index contributed by atoms with van der Waals surface area (Å²) in [4.78, 5) is 27.5. The highest BCUT2D eigenvalue weighted by atomic mass is 35.5. The average molecular weight is 452 g/mol. The van der Waals surface area contributed by atoms with Crippen LogP contribution in [0.2, 0.25) is 5.02 Å². The largest absolute Gasteiger partial charge is 0.507 e. The lowest BCUT2D eigenvalue weighted by molar-refractivity contribution is -0.132. The van der Waals surface area contributed by atoms with Crippen LogP contribution in [0, 0.1) is 12.7 Å². The van der Waals surface area contributed by atoms with Crippen LogP contribution >= 0.6 is 11.6 Å². The van der Waals surface area contributed by atoms with Crippen LogP contribution in [0.5, 0.6) is 5.75 Å². The molecule has 32 heavy (non-hydrogen) atoms. The maximum Gasteiger partial charge on any atom is 0.300 e. The summed E-state index contributed by atoms with van der Waals surface area (Å²) in [5, 5.41) is 11.5. The summed E-state index contributed by atoms with van der Waals surface area (Å²) >= 11 is 6.08. The standard InChI is InChI=1S/C25H19ClFNO4/c1-14-4-3-5-18(12-14)28-22(15-6-9-17(27)10-7-15)21(24(30)25(28)31)23(29)16-8-11-19(26)20(13-16)32-2/h3-13,22,29H,1-2H3/b23-21-. The van der Waals surface area contributed by atoms with Gasteiger partial charge in [0.1, 0.15) is 17.3 Å². The van der Waals surface area contributed by atoms with Crippen LogP contribution in [-0.2, 0) is 9.59 Å². The highest BCUT2D eigenvalue weighted by Crippen LogP contribution is 2.42. The van der Waals surface area contributed by atoms with Crippen molar-refractivity contribution in [3.63, 3.8) is 0 Å². The van der Waals surface area contributed by atoms with Crippen LogP contribution in [-0.4, -0.2) is 23.9 Å². The number of aliphatic hydroxyl groups excluding tert-OH is 1. The number of nitrogens with zero attached hydrogens (tertiary/aromatic N) is 1. The Labute approximate surface area is 189 Å². The third-order valence-electron chi connectivity index (χ3n) is 5.33. The smallest absolute Gasteiger partial charge is 0.300 e. The number of Topliss-reactive ketones (excluding diaryl/α,β-unsaturated/α-hetero) is 1. The van der Waals surface area contributed by atoms with Gasteiger partial charge in [-0.1, -0.05) is 35.9 Å². The van der Waals surface area contributed by atoms with E-state index in [-0.39, 0.29) is 16.9 Å². The van der Waals surface area contributed by atoms with Gasteiger partial charge >= 0.3 is 0 Å². The van der Waals surface area contributed by atoms with Crippen LogP contribution in [0.3, 0.4) is 0 Å². The van der Waals surface area contributed by atoms with Gasteiger partial charge in [0.15, 0.2) is 0 Å². The molecule has 0 radical (unpaired) electrons. The van der Waals surface area contributed by atoms with E-state index in [0.29, 0.717) is 22.0 Å². The van der Waals surface area contributed by atoms with Crippen molar-refractivity contribution in [2.24, 2.45) is 0 Å². The summed E-state index contributed by atoms with van der Waals surface area (Å²) in [6.07, 6.45) is 0. The van der Waals surface area contributed by atoms with Crippen LogP contribution in [0.15, 0.2) is 72.3 Å². The fraction of sp³-hybridized carbons (Fsp3) is 0.120. The Bertz CT molecular complexity index is 1250. The van der Waals surface area contributed by atoms with E-state index < -0.39 is 23.5 Å². The SMILES string of the molecule is COc1cc(/C(O)=C2/C(=O)C(=O)N(c3cccc(C)c3)C2c2ccc(F)cc2)ccc1Cl. The minimum atomic E-state index is -0.945. The third-order valence-corrected chi connectivity index (χ3v) is 5.65. The van der Waals surface area contributed by atoms with Crippen molar-refractivity contribution in [3.8, 4) is 5.75 Å². The van der Waals surface area contributed by atoms with Gasteiger partial charge in [-0.2, -0.15) is 0 Å². The fourth-order valence-corrected chi connectivity index (χ4v) is 3.99. The molecule has 1 atom stereocenters. The first kappa shape index (κ1) is 21.6. The van der Waals surface area contributed by atoms with Crippen LogP contribution in [0.25, 0.3) is 5.76 Å². The summed E-state index contributed by atoms with van der Waals surface area (Å²) < 4.78 is 18.8. The highest BCUT2D eigenvalue weighted by molar-refractivity contribution is 6.51. The molecule has 0 bridgehead atoms. The maximum atomic E-state index is 13.6. The molecule has 0 spiro atoms. The maximum absolute atomic E-state index is 13.6. The summed E-state index contributed by atoms with van der Waals surface area (Å²) in [7, 11) is 1.43. The summed E-state index contributed by atoms with van der Waals surface area (Å²) in [5.74, 6) is -2.15. The minimum absolute atomic E-state index is 0.104. The number of methoxy groups -OCH3 is 1. The lowest BCUT2D eigenvalue weighted by Gasteiger charge is -2.25. The molecule has 1 fully saturated rings. The quantitative estimate of drug-likeness (QED) is 0.326. The van der Waals surface area contributed by atoms with E-state index in [2.05, 4.69) is 0 Å². The number of aliphatic hydroxyl groups is 1. The first-order chi connectivity index (χ1) is 15.3. The topological polar surface area (TPSA) is 66.8 Å². The van der Waals surface area contributed by atoms with Crippen molar-refractivity contribution in [1.82, 2.24) is 0 Å². The van der Waals surface area contributed by atoms with Crippen molar-refractivity contribution >= 4 is 34.7 Å². The van der Waals surface area contributed by atoms with Gasteiger partial charge in [-0.15, -0.1) is 0 Å². The average Bonchev–Trinajstić information content (AvgIpc) is 3.05. The predicted octanol–water partition coefficient (Wildman–Crippen LogP) is 5.42. The predicted molar refractivity (Wildman–Crippen MR) is 120 cm³/mol. The molecule has 3 aromatic carbocycles. The van der Waals surface area contributed by atoms with E-state index in [9.17, 15) is 19.1 Å². The second-order valence-electron chi connectivity index (χ2n) is 7.41. The van der Waals surface area contributed by atoms with E-state index in [1.54, 1.807) is 18.2 Å². The number of aryl methyl sites for hydroxylation is 1. The third kappa shape index (κ3) is 3.74. The first-order valence-electron chi connectivity index (χ1n) is 9.79. The molecule has 0 aromatic heterocycles. The first-order valence-corrected chi connectivity index (χ1v) is 10.2. The number of amides is 1. The Hall–Kier alpha value is -3.64. The van der Waals surface area contributed by atoms with Gasteiger partial charge in [0.25, 0.3) is 11.7 Å². The lowest BCUT2D eigenvalue weighted by Crippen LogP contribution is -2.29. The number of ether oxygens (including phenoxy) is 1. The van der Waals surface area contributed by atoms with E-state index in [4.69, 9.17) is 16.3 Å². The van der Waals surface area contributed by atoms with E-state index in [0.717, 1.165) is 5.56 Å². The van der Waals surface area contributed by atoms with Crippen molar-refractivity contribution in [2.75, 3.05) is 12.0 Å². The summed E-state index contributed by atoms with van der Waals surface area (Å²) in [5.41, 5.74) is 2.03. The number of anilines is 1. The summed E-state index contributed by atoms with van der Waals surface area (Å²) in [6, 6.07) is 16.2. The number of hydrogen-bond donors (Lipinski definition) is 1. The zero-order chi connectivity index (χ0) is 23.0. The minimum Gasteiger partial charge on any atom is -0.507 e. The normalized spacial score (nSPS) is 17.6. The Balaban J connectivity index is 1.95. The van der Waals surface area contributed by atoms with Crippen molar-refractivity contribution in [2.45, 2.75) is 13.0 Å². The van der Waals surface area contributed by atoms with Crippen LogP contribution in [0.1, 0.15) is 22.7 Å². The molecule has 7 heteroatoms. The molecule has 162 valence electrons. The number of rotatable bonds is 4. The Morgan fingerprint density at radius 1 is 1.06 bits per heavy atom. The van der Waals surface area contributed by atoms with Gasteiger partial charge in [0.2, 0.25) is 0 Å². The van der Waals surface area contributed by atoms with Crippen molar-refractivity contribution in [3.05, 3.63) is 99.8 Å². The number of carbonyl (C=O) groups is 2. The van der Waals surface area contributed by atoms with E-state index in [1.165, 1.54) is 54.5 Å². The number of hydrogen-bond acceptors (Lipinski definition) is 4. The molecule has 1 aliphatic rings. The Morgan fingerprint density at radius 2 is 1.78 bits per heavy atom. The van der Waals surface area contributed by atoms with Crippen LogP contribution in [0.4, 0.5) is 10.1 Å². The molecule has 4 rings (SSSR count). The second kappa shape index (κ2) is 8.48. The molecule has 5 nitrogen and oxygen atoms in total.